The average Bonchev–Trinajstić information content (AvgIpc) is 2.78. The van der Waals surface area contributed by atoms with Crippen LogP contribution < -0.4 is 0 Å². The highest BCUT2D eigenvalue weighted by atomic mass is 79.9. The molecule has 0 atom stereocenters. The van der Waals surface area contributed by atoms with Crippen LogP contribution in [0.15, 0.2) is 53.1 Å². The molecular formula is C16H11BrFN. The van der Waals surface area contributed by atoms with E-state index in [1.165, 1.54) is 12.1 Å². The molecule has 0 aliphatic carbocycles. The molecular weight excluding hydrogens is 305 g/mol. The molecule has 1 aromatic heterocycles. The number of benzene rings is 2. The van der Waals surface area contributed by atoms with Gasteiger partial charge in [-0.05, 0) is 41.5 Å². The second kappa shape index (κ2) is 5.02. The summed E-state index contributed by atoms with van der Waals surface area (Å²) in [5, 5.41) is 1.02. The summed E-state index contributed by atoms with van der Waals surface area (Å²) in [5.74, 6) is -0.225. The average molecular weight is 316 g/mol. The highest BCUT2D eigenvalue weighted by molar-refractivity contribution is 9.10. The smallest absolute Gasteiger partial charge is 0.125 e. The first-order valence-corrected chi connectivity index (χ1v) is 6.72. The minimum absolute atomic E-state index is 0.225. The number of hydrogen-bond donors (Lipinski definition) is 1. The summed E-state index contributed by atoms with van der Waals surface area (Å²) < 4.78 is 14.1. The maximum atomic E-state index is 13.1. The number of aromatic nitrogens is 1. The molecule has 0 bridgehead atoms. The molecule has 1 N–H and O–H groups in total. The van der Waals surface area contributed by atoms with Gasteiger partial charge in [0.25, 0.3) is 0 Å². The Morgan fingerprint density at radius 1 is 1.05 bits per heavy atom. The van der Waals surface area contributed by atoms with E-state index in [0.717, 1.165) is 26.5 Å². The summed E-state index contributed by atoms with van der Waals surface area (Å²) in [6.45, 7) is 0. The molecule has 1 heterocycles. The first kappa shape index (κ1) is 12.2. The van der Waals surface area contributed by atoms with Crippen LogP contribution in [0.5, 0.6) is 0 Å². The van der Waals surface area contributed by atoms with Crippen molar-refractivity contribution in [1.29, 1.82) is 0 Å². The van der Waals surface area contributed by atoms with Gasteiger partial charge in [0.05, 0.1) is 0 Å². The van der Waals surface area contributed by atoms with Crippen LogP contribution in [-0.4, -0.2) is 4.98 Å². The first-order valence-electron chi connectivity index (χ1n) is 5.93. The van der Waals surface area contributed by atoms with Crippen molar-refractivity contribution in [3.05, 3.63) is 70.1 Å². The van der Waals surface area contributed by atoms with E-state index in [1.807, 2.05) is 42.6 Å². The van der Waals surface area contributed by atoms with Gasteiger partial charge >= 0.3 is 0 Å². The van der Waals surface area contributed by atoms with Gasteiger partial charge in [0.2, 0.25) is 0 Å². The number of rotatable bonds is 2. The number of H-pyrrole nitrogens is 1. The van der Waals surface area contributed by atoms with Crippen molar-refractivity contribution in [2.24, 2.45) is 0 Å². The fourth-order valence-corrected chi connectivity index (χ4v) is 2.47. The molecule has 0 amide bonds. The fourth-order valence-electron chi connectivity index (χ4n) is 2.06. The molecule has 0 saturated heterocycles. The van der Waals surface area contributed by atoms with Crippen LogP contribution in [0.2, 0.25) is 0 Å². The van der Waals surface area contributed by atoms with Gasteiger partial charge in [0.15, 0.2) is 0 Å². The van der Waals surface area contributed by atoms with Crippen molar-refractivity contribution >= 4 is 39.0 Å². The van der Waals surface area contributed by atoms with E-state index in [2.05, 4.69) is 20.9 Å². The van der Waals surface area contributed by atoms with E-state index in [0.29, 0.717) is 0 Å². The zero-order valence-electron chi connectivity index (χ0n) is 10.0. The molecule has 3 aromatic rings. The largest absolute Gasteiger partial charge is 0.360 e. The number of fused-ring (bicyclic) bond motifs is 1. The molecule has 0 unspecified atom stereocenters. The third kappa shape index (κ3) is 2.61. The number of nitrogens with one attached hydrogen (secondary N) is 1. The van der Waals surface area contributed by atoms with E-state index >= 15 is 0 Å². The van der Waals surface area contributed by atoms with Gasteiger partial charge in [0, 0.05) is 21.6 Å². The van der Waals surface area contributed by atoms with Crippen molar-refractivity contribution in [3.8, 4) is 0 Å². The SMILES string of the molecule is Fc1ccc2c(/C=C/c3cccc(Br)c3)c[nH]c2c1. The van der Waals surface area contributed by atoms with Gasteiger partial charge in [-0.1, -0.05) is 40.2 Å². The van der Waals surface area contributed by atoms with Crippen LogP contribution in [0.4, 0.5) is 4.39 Å². The Morgan fingerprint density at radius 2 is 1.95 bits per heavy atom. The fraction of sp³-hybridized carbons (Fsp3) is 0. The summed E-state index contributed by atoms with van der Waals surface area (Å²) >= 11 is 3.45. The predicted molar refractivity (Wildman–Crippen MR) is 81.3 cm³/mol. The number of aromatic amines is 1. The zero-order valence-corrected chi connectivity index (χ0v) is 11.6. The Labute approximate surface area is 118 Å². The molecule has 0 radical (unpaired) electrons. The van der Waals surface area contributed by atoms with E-state index in [4.69, 9.17) is 0 Å². The lowest BCUT2D eigenvalue weighted by atomic mass is 10.1. The minimum atomic E-state index is -0.225. The summed E-state index contributed by atoms with van der Waals surface area (Å²) in [7, 11) is 0. The summed E-state index contributed by atoms with van der Waals surface area (Å²) in [6.07, 6.45) is 5.95. The van der Waals surface area contributed by atoms with Gasteiger partial charge in [-0.15, -0.1) is 0 Å². The Balaban J connectivity index is 1.97. The Bertz CT molecular complexity index is 758. The van der Waals surface area contributed by atoms with Crippen LogP contribution >= 0.6 is 15.9 Å². The molecule has 94 valence electrons. The second-order valence-electron chi connectivity index (χ2n) is 4.32. The van der Waals surface area contributed by atoms with Crippen molar-refractivity contribution in [2.45, 2.75) is 0 Å². The normalized spacial score (nSPS) is 11.5. The van der Waals surface area contributed by atoms with Gasteiger partial charge in [-0.2, -0.15) is 0 Å². The second-order valence-corrected chi connectivity index (χ2v) is 5.24. The van der Waals surface area contributed by atoms with Gasteiger partial charge in [-0.3, -0.25) is 0 Å². The van der Waals surface area contributed by atoms with E-state index < -0.39 is 0 Å². The van der Waals surface area contributed by atoms with E-state index in [1.54, 1.807) is 6.07 Å². The van der Waals surface area contributed by atoms with Gasteiger partial charge in [-0.25, -0.2) is 4.39 Å². The first-order chi connectivity index (χ1) is 9.22. The lowest BCUT2D eigenvalue weighted by Crippen LogP contribution is -1.74. The standard InChI is InChI=1S/C16H11BrFN/c17-13-3-1-2-11(8-13)4-5-12-10-19-16-9-14(18)6-7-15(12)16/h1-10,19H/b5-4+. The maximum absolute atomic E-state index is 13.1. The minimum Gasteiger partial charge on any atom is -0.360 e. The van der Waals surface area contributed by atoms with E-state index in [-0.39, 0.29) is 5.82 Å². The Morgan fingerprint density at radius 3 is 2.79 bits per heavy atom. The van der Waals surface area contributed by atoms with Crippen LogP contribution in [0.1, 0.15) is 11.1 Å². The monoisotopic (exact) mass is 315 g/mol. The van der Waals surface area contributed by atoms with Crippen molar-refractivity contribution in [1.82, 2.24) is 4.98 Å². The molecule has 0 fully saturated rings. The maximum Gasteiger partial charge on any atom is 0.125 e. The molecule has 2 aromatic carbocycles. The van der Waals surface area contributed by atoms with Crippen molar-refractivity contribution < 1.29 is 4.39 Å². The molecule has 0 spiro atoms. The summed E-state index contributed by atoms with van der Waals surface area (Å²) in [4.78, 5) is 3.08. The highest BCUT2D eigenvalue weighted by Gasteiger charge is 2.01. The molecule has 0 saturated carbocycles. The molecule has 0 aliphatic rings. The van der Waals surface area contributed by atoms with Gasteiger partial charge < -0.3 is 4.98 Å². The third-order valence-electron chi connectivity index (χ3n) is 2.98. The molecule has 3 rings (SSSR count). The molecule has 19 heavy (non-hydrogen) atoms. The van der Waals surface area contributed by atoms with Crippen LogP contribution in [0.3, 0.4) is 0 Å². The molecule has 0 aliphatic heterocycles. The highest BCUT2D eigenvalue weighted by Crippen LogP contribution is 2.21. The quantitative estimate of drug-likeness (QED) is 0.665. The topological polar surface area (TPSA) is 15.8 Å². The summed E-state index contributed by atoms with van der Waals surface area (Å²) in [6, 6.07) is 12.8. The van der Waals surface area contributed by atoms with Crippen LogP contribution in [0, 0.1) is 5.82 Å². The van der Waals surface area contributed by atoms with Crippen LogP contribution in [0.25, 0.3) is 23.1 Å². The molecule has 1 nitrogen and oxygen atoms in total. The third-order valence-corrected chi connectivity index (χ3v) is 3.47. The van der Waals surface area contributed by atoms with Crippen molar-refractivity contribution in [2.75, 3.05) is 0 Å². The Hall–Kier alpha value is -1.87. The lowest BCUT2D eigenvalue weighted by Gasteiger charge is -1.95. The Kier molecular flexibility index (Phi) is 3.22. The lowest BCUT2D eigenvalue weighted by molar-refractivity contribution is 0.629. The number of halogens is 2. The molecule has 3 heteroatoms. The predicted octanol–water partition coefficient (Wildman–Crippen LogP) is 5.24. The van der Waals surface area contributed by atoms with Crippen molar-refractivity contribution in [3.63, 3.8) is 0 Å². The van der Waals surface area contributed by atoms with Gasteiger partial charge in [0.1, 0.15) is 5.82 Å². The zero-order chi connectivity index (χ0) is 13.2. The number of hydrogen-bond acceptors (Lipinski definition) is 0. The van der Waals surface area contributed by atoms with E-state index in [9.17, 15) is 4.39 Å². The summed E-state index contributed by atoms with van der Waals surface area (Å²) in [5.41, 5.74) is 2.98. The van der Waals surface area contributed by atoms with Crippen LogP contribution in [-0.2, 0) is 0 Å².